The zero-order chi connectivity index (χ0) is 16.4. The van der Waals surface area contributed by atoms with Gasteiger partial charge in [-0.3, -0.25) is 4.40 Å². The van der Waals surface area contributed by atoms with Crippen LogP contribution in [0.3, 0.4) is 0 Å². The number of benzene rings is 1. The number of hydrogen-bond acceptors (Lipinski definition) is 5. The number of nitriles is 1. The van der Waals surface area contributed by atoms with Crippen molar-refractivity contribution in [3.63, 3.8) is 0 Å². The predicted molar refractivity (Wildman–Crippen MR) is 90.4 cm³/mol. The lowest BCUT2D eigenvalue weighted by Gasteiger charge is -2.09. The highest BCUT2D eigenvalue weighted by molar-refractivity contribution is 8.00. The van der Waals surface area contributed by atoms with Crippen LogP contribution in [0.5, 0.6) is 0 Å². The third kappa shape index (κ3) is 3.35. The van der Waals surface area contributed by atoms with Gasteiger partial charge in [-0.2, -0.15) is 5.26 Å². The molecule has 1 atom stereocenters. The molecule has 0 saturated carbocycles. The van der Waals surface area contributed by atoms with E-state index in [0.29, 0.717) is 11.6 Å². The van der Waals surface area contributed by atoms with E-state index in [4.69, 9.17) is 0 Å². The van der Waals surface area contributed by atoms with E-state index in [9.17, 15) is 5.26 Å². The number of aromatic nitrogens is 4. The smallest absolute Gasteiger partial charge is 0.198 e. The third-order valence-corrected chi connectivity index (χ3v) is 4.62. The molecule has 0 radical (unpaired) electrons. The summed E-state index contributed by atoms with van der Waals surface area (Å²) < 4.78 is 1.90. The summed E-state index contributed by atoms with van der Waals surface area (Å²) in [5.41, 5.74) is 4.05. The minimum Gasteiger partial charge on any atom is -0.258 e. The summed E-state index contributed by atoms with van der Waals surface area (Å²) in [5, 5.41) is 18.4. The lowest BCUT2D eigenvalue weighted by molar-refractivity contribution is 0.849. The molecule has 0 spiro atoms. The minimum absolute atomic E-state index is 0.217. The van der Waals surface area contributed by atoms with E-state index in [0.717, 1.165) is 22.7 Å². The molecule has 3 aromatic rings. The number of thioether (sulfide) groups is 1. The average molecular weight is 323 g/mol. The Morgan fingerprint density at radius 1 is 1.17 bits per heavy atom. The minimum atomic E-state index is -0.217. The predicted octanol–water partition coefficient (Wildman–Crippen LogP) is 3.28. The van der Waals surface area contributed by atoms with Crippen molar-refractivity contribution in [3.8, 4) is 6.07 Å². The van der Waals surface area contributed by atoms with E-state index in [1.807, 2.05) is 24.3 Å². The summed E-state index contributed by atoms with van der Waals surface area (Å²) in [6, 6.07) is 12.5. The highest BCUT2D eigenvalue weighted by Gasteiger charge is 2.17. The van der Waals surface area contributed by atoms with Gasteiger partial charge in [0, 0.05) is 11.8 Å². The standard InChI is InChI=1S/C17H17N5S/c1-11-4-6-14(7-5-11)9-15(10-18)23-17-21-20-16-8-12(2)19-13(3)22(16)17/h4-8,15H,9H2,1-3H3/t15-/m0/s1. The largest absolute Gasteiger partial charge is 0.258 e. The van der Waals surface area contributed by atoms with Gasteiger partial charge in [0.05, 0.1) is 6.07 Å². The molecule has 5 nitrogen and oxygen atoms in total. The number of hydrogen-bond donors (Lipinski definition) is 0. The normalized spacial score (nSPS) is 12.3. The van der Waals surface area contributed by atoms with Crippen LogP contribution < -0.4 is 0 Å². The van der Waals surface area contributed by atoms with Crippen LogP contribution in [0.15, 0.2) is 35.5 Å². The summed E-state index contributed by atoms with van der Waals surface area (Å²) in [7, 11) is 0. The molecule has 3 rings (SSSR count). The highest BCUT2D eigenvalue weighted by atomic mass is 32.2. The van der Waals surface area contributed by atoms with Gasteiger partial charge in [-0.05, 0) is 32.8 Å². The van der Waals surface area contributed by atoms with Crippen LogP contribution in [0.25, 0.3) is 5.65 Å². The first-order valence-corrected chi connectivity index (χ1v) is 8.26. The van der Waals surface area contributed by atoms with Crippen molar-refractivity contribution in [1.82, 2.24) is 19.6 Å². The Bertz CT molecular complexity index is 876. The Morgan fingerprint density at radius 3 is 2.61 bits per heavy atom. The van der Waals surface area contributed by atoms with Crippen LogP contribution in [-0.4, -0.2) is 24.8 Å². The Kier molecular flexibility index (Phi) is 4.30. The second-order valence-electron chi connectivity index (χ2n) is 5.55. The highest BCUT2D eigenvalue weighted by Crippen LogP contribution is 2.25. The second kappa shape index (κ2) is 6.39. The van der Waals surface area contributed by atoms with E-state index in [2.05, 4.69) is 52.4 Å². The molecule has 23 heavy (non-hydrogen) atoms. The molecule has 0 N–H and O–H groups in total. The maximum absolute atomic E-state index is 9.48. The first kappa shape index (κ1) is 15.5. The number of rotatable bonds is 4. The first-order chi connectivity index (χ1) is 11.1. The zero-order valence-electron chi connectivity index (χ0n) is 13.3. The third-order valence-electron chi connectivity index (χ3n) is 3.59. The molecule has 116 valence electrons. The summed E-state index contributed by atoms with van der Waals surface area (Å²) in [4.78, 5) is 4.45. The molecule has 0 bridgehead atoms. The van der Waals surface area contributed by atoms with Crippen molar-refractivity contribution in [2.24, 2.45) is 0 Å². The Balaban J connectivity index is 1.85. The van der Waals surface area contributed by atoms with E-state index >= 15 is 0 Å². The van der Waals surface area contributed by atoms with E-state index in [1.54, 1.807) is 0 Å². The fraction of sp³-hybridized carbons (Fsp3) is 0.294. The maximum Gasteiger partial charge on any atom is 0.198 e. The summed E-state index contributed by atoms with van der Waals surface area (Å²) in [6.45, 7) is 5.92. The van der Waals surface area contributed by atoms with E-state index < -0.39 is 0 Å². The molecule has 0 saturated heterocycles. The molecule has 0 aliphatic heterocycles. The van der Waals surface area contributed by atoms with Gasteiger partial charge in [0.1, 0.15) is 11.1 Å². The molecule has 0 amide bonds. The van der Waals surface area contributed by atoms with Gasteiger partial charge in [-0.25, -0.2) is 4.98 Å². The van der Waals surface area contributed by atoms with Crippen LogP contribution in [-0.2, 0) is 6.42 Å². The lowest BCUT2D eigenvalue weighted by Crippen LogP contribution is -2.06. The quantitative estimate of drug-likeness (QED) is 0.689. The van der Waals surface area contributed by atoms with Crippen molar-refractivity contribution < 1.29 is 0 Å². The van der Waals surface area contributed by atoms with Crippen LogP contribution in [0.2, 0.25) is 0 Å². The molecule has 1 aromatic carbocycles. The van der Waals surface area contributed by atoms with Gasteiger partial charge in [0.25, 0.3) is 0 Å². The van der Waals surface area contributed by atoms with Gasteiger partial charge in [-0.15, -0.1) is 10.2 Å². The molecule has 0 fully saturated rings. The van der Waals surface area contributed by atoms with Crippen LogP contribution >= 0.6 is 11.8 Å². The SMILES string of the molecule is Cc1ccc(C[C@@H](C#N)Sc2nnc3cc(C)nc(C)n23)cc1. The van der Waals surface area contributed by atoms with Gasteiger partial charge in [-0.1, -0.05) is 41.6 Å². The summed E-state index contributed by atoms with van der Waals surface area (Å²) in [5.74, 6) is 0.833. The Hall–Kier alpha value is -2.39. The fourth-order valence-electron chi connectivity index (χ4n) is 2.46. The Morgan fingerprint density at radius 2 is 1.91 bits per heavy atom. The van der Waals surface area contributed by atoms with Crippen LogP contribution in [0, 0.1) is 32.1 Å². The molecule has 6 heteroatoms. The zero-order valence-corrected chi connectivity index (χ0v) is 14.1. The monoisotopic (exact) mass is 323 g/mol. The molecule has 0 aliphatic carbocycles. The Labute approximate surface area is 139 Å². The number of fused-ring (bicyclic) bond motifs is 1. The van der Waals surface area contributed by atoms with Crippen molar-refractivity contribution in [3.05, 3.63) is 53.0 Å². The summed E-state index contributed by atoms with van der Waals surface area (Å²) in [6.07, 6.45) is 0.675. The van der Waals surface area contributed by atoms with Gasteiger partial charge < -0.3 is 0 Å². The van der Waals surface area contributed by atoms with Crippen molar-refractivity contribution in [1.29, 1.82) is 5.26 Å². The fourth-order valence-corrected chi connectivity index (χ4v) is 3.46. The van der Waals surface area contributed by atoms with Crippen molar-refractivity contribution in [2.75, 3.05) is 0 Å². The molecule has 0 unspecified atom stereocenters. The molecule has 2 aromatic heterocycles. The second-order valence-corrected chi connectivity index (χ2v) is 6.72. The van der Waals surface area contributed by atoms with Crippen molar-refractivity contribution in [2.45, 2.75) is 37.6 Å². The van der Waals surface area contributed by atoms with Gasteiger partial charge in [0.15, 0.2) is 10.8 Å². The van der Waals surface area contributed by atoms with Crippen LogP contribution in [0.1, 0.15) is 22.6 Å². The molecule has 0 aliphatic rings. The van der Waals surface area contributed by atoms with Gasteiger partial charge >= 0.3 is 0 Å². The molecular formula is C17H17N5S. The number of aryl methyl sites for hydroxylation is 3. The van der Waals surface area contributed by atoms with Crippen LogP contribution in [0.4, 0.5) is 0 Å². The lowest BCUT2D eigenvalue weighted by atomic mass is 10.1. The van der Waals surface area contributed by atoms with Crippen molar-refractivity contribution >= 4 is 17.4 Å². The van der Waals surface area contributed by atoms with Gasteiger partial charge in [0.2, 0.25) is 0 Å². The maximum atomic E-state index is 9.48. The number of nitrogens with zero attached hydrogens (tertiary/aromatic N) is 5. The van der Waals surface area contributed by atoms with E-state index in [-0.39, 0.29) is 5.25 Å². The molecule has 2 heterocycles. The first-order valence-electron chi connectivity index (χ1n) is 7.38. The average Bonchev–Trinajstić information content (AvgIpc) is 2.91. The topological polar surface area (TPSA) is 66.9 Å². The summed E-state index contributed by atoms with van der Waals surface area (Å²) >= 11 is 1.43. The van der Waals surface area contributed by atoms with E-state index in [1.165, 1.54) is 17.3 Å². The molecular weight excluding hydrogens is 306 g/mol.